The first-order chi connectivity index (χ1) is 17.0. The van der Waals surface area contributed by atoms with Gasteiger partial charge in [-0.2, -0.15) is 5.10 Å². The summed E-state index contributed by atoms with van der Waals surface area (Å²) in [4.78, 5) is 41.5. The fraction of sp³-hybridized carbons (Fsp3) is 0.407. The van der Waals surface area contributed by atoms with Gasteiger partial charge in [-0.05, 0) is 37.5 Å². The van der Waals surface area contributed by atoms with Crippen LogP contribution in [0.5, 0.6) is 5.75 Å². The number of para-hydroxylation sites is 2. The molecular formula is C27H32N4O4. The molecule has 0 aliphatic carbocycles. The van der Waals surface area contributed by atoms with Gasteiger partial charge in [-0.3, -0.25) is 19.3 Å². The Hall–Kier alpha value is -3.68. The van der Waals surface area contributed by atoms with Crippen LogP contribution in [0.2, 0.25) is 0 Å². The molecule has 35 heavy (non-hydrogen) atoms. The van der Waals surface area contributed by atoms with Gasteiger partial charge in [0.05, 0.1) is 17.6 Å². The summed E-state index contributed by atoms with van der Waals surface area (Å²) in [6.07, 6.45) is 2.44. The summed E-state index contributed by atoms with van der Waals surface area (Å²) in [5.41, 5.74) is 0.545. The Morgan fingerprint density at radius 2 is 1.74 bits per heavy atom. The fourth-order valence-electron chi connectivity index (χ4n) is 4.33. The molecule has 4 rings (SSSR count). The van der Waals surface area contributed by atoms with Crippen LogP contribution in [0.1, 0.15) is 56.9 Å². The highest BCUT2D eigenvalue weighted by atomic mass is 16.5. The minimum absolute atomic E-state index is 0.0418. The van der Waals surface area contributed by atoms with Crippen molar-refractivity contribution in [1.82, 2.24) is 15.1 Å². The summed E-state index contributed by atoms with van der Waals surface area (Å²) in [7, 11) is 0. The van der Waals surface area contributed by atoms with Crippen LogP contribution >= 0.6 is 0 Å². The number of nitrogens with one attached hydrogen (secondary N) is 1. The number of amides is 2. The lowest BCUT2D eigenvalue weighted by molar-refractivity contribution is -0.128. The molecule has 0 saturated carbocycles. The lowest BCUT2D eigenvalue weighted by Gasteiger charge is -2.34. The van der Waals surface area contributed by atoms with Gasteiger partial charge in [0.15, 0.2) is 11.8 Å². The maximum absolute atomic E-state index is 14.0. The number of unbranched alkanes of at least 4 members (excludes halogenated alkanes) is 1. The van der Waals surface area contributed by atoms with E-state index in [0.29, 0.717) is 28.8 Å². The van der Waals surface area contributed by atoms with E-state index >= 15 is 0 Å². The Morgan fingerprint density at radius 3 is 2.46 bits per heavy atom. The summed E-state index contributed by atoms with van der Waals surface area (Å²) < 4.78 is 7.38. The third kappa shape index (κ3) is 4.92. The summed E-state index contributed by atoms with van der Waals surface area (Å²) in [6.45, 7) is 6.55. The van der Waals surface area contributed by atoms with Crippen molar-refractivity contribution >= 4 is 28.3 Å². The average molecular weight is 477 g/mol. The van der Waals surface area contributed by atoms with Gasteiger partial charge in [-0.15, -0.1) is 0 Å². The molecule has 0 bridgehead atoms. The second-order valence-electron chi connectivity index (χ2n) is 8.79. The van der Waals surface area contributed by atoms with Crippen LogP contribution in [0.3, 0.4) is 0 Å². The predicted molar refractivity (Wildman–Crippen MR) is 136 cm³/mol. The molecule has 0 saturated heterocycles. The molecule has 1 aliphatic rings. The average Bonchev–Trinajstić information content (AvgIpc) is 2.90. The van der Waals surface area contributed by atoms with Crippen LogP contribution < -0.4 is 20.5 Å². The molecule has 0 radical (unpaired) electrons. The smallest absolute Gasteiger partial charge is 0.279 e. The molecular weight excluding hydrogens is 444 g/mol. The molecule has 0 spiro atoms. The molecule has 3 aromatic rings. The molecule has 8 heteroatoms. The lowest BCUT2D eigenvalue weighted by atomic mass is 10.1. The highest BCUT2D eigenvalue weighted by Crippen LogP contribution is 2.34. The second-order valence-corrected chi connectivity index (χ2v) is 8.79. The zero-order valence-corrected chi connectivity index (χ0v) is 20.5. The summed E-state index contributed by atoms with van der Waals surface area (Å²) in [5.74, 6) is -0.167. The molecule has 184 valence electrons. The topological polar surface area (TPSA) is 93.5 Å². The molecule has 1 atom stereocenters. The van der Waals surface area contributed by atoms with Gasteiger partial charge in [0.25, 0.3) is 17.4 Å². The van der Waals surface area contributed by atoms with Crippen molar-refractivity contribution in [2.45, 2.75) is 65.1 Å². The van der Waals surface area contributed by atoms with E-state index in [0.717, 1.165) is 25.7 Å². The maximum atomic E-state index is 14.0. The number of aryl methyl sites for hydroxylation is 1. The number of benzene rings is 2. The van der Waals surface area contributed by atoms with E-state index in [1.807, 2.05) is 26.8 Å². The largest absolute Gasteiger partial charge is 0.477 e. The Morgan fingerprint density at radius 1 is 1.06 bits per heavy atom. The minimum atomic E-state index is -0.855. The third-order valence-corrected chi connectivity index (χ3v) is 6.44. The number of rotatable bonds is 8. The highest BCUT2D eigenvalue weighted by Gasteiger charge is 2.36. The van der Waals surface area contributed by atoms with Crippen molar-refractivity contribution in [3.05, 3.63) is 64.6 Å². The van der Waals surface area contributed by atoms with Gasteiger partial charge in [0.1, 0.15) is 5.75 Å². The van der Waals surface area contributed by atoms with Crippen molar-refractivity contribution in [1.29, 1.82) is 0 Å². The number of fused-ring (bicyclic) bond motifs is 2. The van der Waals surface area contributed by atoms with E-state index in [1.54, 1.807) is 47.4 Å². The quantitative estimate of drug-likeness (QED) is 0.532. The van der Waals surface area contributed by atoms with E-state index in [1.165, 1.54) is 4.68 Å². The molecule has 2 aromatic carbocycles. The van der Waals surface area contributed by atoms with Gasteiger partial charge < -0.3 is 10.1 Å². The molecule has 0 fully saturated rings. The number of hydrogen-bond donors (Lipinski definition) is 1. The Labute approximate surface area is 204 Å². The summed E-state index contributed by atoms with van der Waals surface area (Å²) >= 11 is 0. The molecule has 8 nitrogen and oxygen atoms in total. The van der Waals surface area contributed by atoms with E-state index in [2.05, 4.69) is 10.4 Å². The molecule has 2 heterocycles. The summed E-state index contributed by atoms with van der Waals surface area (Å²) in [5, 5.41) is 8.47. The van der Waals surface area contributed by atoms with Crippen LogP contribution in [0.15, 0.2) is 53.3 Å². The third-order valence-electron chi connectivity index (χ3n) is 6.44. The minimum Gasteiger partial charge on any atom is -0.477 e. The lowest BCUT2D eigenvalue weighted by Crippen LogP contribution is -2.52. The Kier molecular flexibility index (Phi) is 7.48. The zero-order chi connectivity index (χ0) is 24.9. The summed E-state index contributed by atoms with van der Waals surface area (Å²) in [6, 6.07) is 14.2. The first kappa shape index (κ1) is 24.4. The standard InChI is InChI=1S/C27H32N4O4/c1-4-7-16-31-26(33)20-13-9-8-12-19(20)24(29-31)27(34)30-17-23(25(32)28-18(5-2)6-3)35-22-15-11-10-14-21(22)30/h8-15,18,23H,4-7,16-17H2,1-3H3,(H,28,32). The monoisotopic (exact) mass is 476 g/mol. The van der Waals surface area contributed by atoms with Gasteiger partial charge in [-0.1, -0.05) is 57.5 Å². The van der Waals surface area contributed by atoms with Crippen molar-refractivity contribution < 1.29 is 14.3 Å². The van der Waals surface area contributed by atoms with Crippen molar-refractivity contribution in [3.63, 3.8) is 0 Å². The first-order valence-electron chi connectivity index (χ1n) is 12.4. The number of carbonyl (C=O) groups excluding carboxylic acids is 2. The molecule has 1 aliphatic heterocycles. The van der Waals surface area contributed by atoms with E-state index in [-0.39, 0.29) is 35.7 Å². The number of nitrogens with zero attached hydrogens (tertiary/aromatic N) is 3. The van der Waals surface area contributed by atoms with Crippen molar-refractivity contribution in [2.24, 2.45) is 0 Å². The predicted octanol–water partition coefficient (Wildman–Crippen LogP) is 3.91. The van der Waals surface area contributed by atoms with Crippen molar-refractivity contribution in [3.8, 4) is 5.75 Å². The van der Waals surface area contributed by atoms with Gasteiger partial charge in [0.2, 0.25) is 0 Å². The van der Waals surface area contributed by atoms with Gasteiger partial charge in [-0.25, -0.2) is 4.68 Å². The second kappa shape index (κ2) is 10.7. The number of aromatic nitrogens is 2. The maximum Gasteiger partial charge on any atom is 0.279 e. The zero-order valence-electron chi connectivity index (χ0n) is 20.5. The van der Waals surface area contributed by atoms with Crippen LogP contribution in [0.25, 0.3) is 10.8 Å². The number of ether oxygens (including phenoxy) is 1. The van der Waals surface area contributed by atoms with Crippen molar-refractivity contribution in [2.75, 3.05) is 11.4 Å². The van der Waals surface area contributed by atoms with Crippen LogP contribution in [-0.2, 0) is 11.3 Å². The van der Waals surface area contributed by atoms with Crippen LogP contribution in [0.4, 0.5) is 5.69 Å². The molecule has 2 amide bonds. The molecule has 1 unspecified atom stereocenters. The molecule has 1 N–H and O–H groups in total. The van der Waals surface area contributed by atoms with E-state index < -0.39 is 6.10 Å². The number of carbonyl (C=O) groups is 2. The van der Waals surface area contributed by atoms with E-state index in [9.17, 15) is 14.4 Å². The van der Waals surface area contributed by atoms with Gasteiger partial charge >= 0.3 is 0 Å². The van der Waals surface area contributed by atoms with Crippen LogP contribution in [-0.4, -0.2) is 40.3 Å². The van der Waals surface area contributed by atoms with E-state index in [4.69, 9.17) is 4.74 Å². The number of anilines is 1. The van der Waals surface area contributed by atoms with Crippen LogP contribution in [0, 0.1) is 0 Å². The fourth-order valence-corrected chi connectivity index (χ4v) is 4.33. The number of hydrogen-bond acceptors (Lipinski definition) is 5. The van der Waals surface area contributed by atoms with Gasteiger partial charge in [0, 0.05) is 18.0 Å². The SMILES string of the molecule is CCCCn1nc(C(=O)N2CC(C(=O)NC(CC)CC)Oc3ccccc32)c2ccccc2c1=O. The Bertz CT molecular complexity index is 1280. The highest BCUT2D eigenvalue weighted by molar-refractivity contribution is 6.13. The first-order valence-corrected chi connectivity index (χ1v) is 12.4. The Balaban J connectivity index is 1.76. The normalized spacial score (nSPS) is 15.1. The molecule has 1 aromatic heterocycles.